The van der Waals surface area contributed by atoms with E-state index in [1.807, 2.05) is 12.1 Å². The molecule has 1 heterocycles. The average molecular weight is 536 g/mol. The van der Waals surface area contributed by atoms with Crippen LogP contribution < -0.4 is 14.4 Å². The minimum Gasteiger partial charge on any atom is -0.493 e. The third-order valence-corrected chi connectivity index (χ3v) is 6.57. The van der Waals surface area contributed by atoms with E-state index >= 15 is 0 Å². The van der Waals surface area contributed by atoms with Crippen molar-refractivity contribution < 1.29 is 27.4 Å². The number of benzene rings is 3. The highest BCUT2D eigenvalue weighted by molar-refractivity contribution is 8.27. The van der Waals surface area contributed by atoms with Gasteiger partial charge >= 0.3 is 6.18 Å². The molecule has 3 aromatic carbocycles. The number of methoxy groups -OCH3 is 1. The molecule has 0 saturated carbocycles. The van der Waals surface area contributed by atoms with Crippen molar-refractivity contribution in [2.24, 2.45) is 0 Å². The van der Waals surface area contributed by atoms with Crippen molar-refractivity contribution in [3.05, 3.63) is 93.3 Å². The Hall–Kier alpha value is -3.01. The van der Waals surface area contributed by atoms with Gasteiger partial charge in [-0.1, -0.05) is 59.8 Å². The zero-order chi connectivity index (χ0) is 25.2. The average Bonchev–Trinajstić information content (AvgIpc) is 3.11. The van der Waals surface area contributed by atoms with Gasteiger partial charge in [0.15, 0.2) is 15.8 Å². The number of carbonyl (C=O) groups excluding carboxylic acids is 1. The molecule has 3 aromatic rings. The minimum absolute atomic E-state index is 0.0641. The zero-order valence-electron chi connectivity index (χ0n) is 18.1. The summed E-state index contributed by atoms with van der Waals surface area (Å²) in [5.41, 5.74) is 0.783. The minimum atomic E-state index is -4.53. The van der Waals surface area contributed by atoms with Crippen LogP contribution in [0.3, 0.4) is 0 Å². The lowest BCUT2D eigenvalue weighted by molar-refractivity contribution is -0.137. The highest BCUT2D eigenvalue weighted by Crippen LogP contribution is 2.39. The molecule has 0 aliphatic carbocycles. The first kappa shape index (κ1) is 25.1. The molecule has 35 heavy (non-hydrogen) atoms. The van der Waals surface area contributed by atoms with E-state index in [9.17, 15) is 18.0 Å². The molecule has 0 bridgehead atoms. The van der Waals surface area contributed by atoms with Crippen molar-refractivity contribution in [2.45, 2.75) is 12.8 Å². The molecular weight excluding hydrogens is 519 g/mol. The number of anilines is 1. The van der Waals surface area contributed by atoms with E-state index in [0.717, 1.165) is 34.4 Å². The second-order valence-electron chi connectivity index (χ2n) is 7.39. The number of hydrogen-bond acceptors (Lipinski definition) is 5. The van der Waals surface area contributed by atoms with E-state index in [0.29, 0.717) is 28.7 Å². The molecule has 180 valence electrons. The summed E-state index contributed by atoms with van der Waals surface area (Å²) < 4.78 is 50.7. The summed E-state index contributed by atoms with van der Waals surface area (Å²) >= 11 is 12.2. The third-order valence-electron chi connectivity index (χ3n) is 5.02. The number of hydrogen-bond donors (Lipinski definition) is 0. The molecule has 0 atom stereocenters. The van der Waals surface area contributed by atoms with Gasteiger partial charge < -0.3 is 9.47 Å². The SMILES string of the molecule is COc1cc(/C=C2\SC(=S)N(c3cccc(C(F)(F)F)c3)C2=O)ccc1OCc1ccc(Cl)cc1. The molecule has 0 spiro atoms. The Morgan fingerprint density at radius 3 is 2.49 bits per heavy atom. The summed E-state index contributed by atoms with van der Waals surface area (Å²) in [6, 6.07) is 16.9. The normalized spacial score (nSPS) is 15.1. The van der Waals surface area contributed by atoms with Crippen LogP contribution in [0.4, 0.5) is 18.9 Å². The summed E-state index contributed by atoms with van der Waals surface area (Å²) in [5.74, 6) is 0.471. The molecule has 1 aliphatic rings. The molecular formula is C25H17ClF3NO3S2. The van der Waals surface area contributed by atoms with Gasteiger partial charge in [0.2, 0.25) is 0 Å². The zero-order valence-corrected chi connectivity index (χ0v) is 20.5. The number of carbonyl (C=O) groups is 1. The van der Waals surface area contributed by atoms with Gasteiger partial charge in [0.25, 0.3) is 5.91 Å². The fourth-order valence-corrected chi connectivity index (χ4v) is 4.72. The van der Waals surface area contributed by atoms with Gasteiger partial charge in [-0.3, -0.25) is 9.69 Å². The number of thioether (sulfide) groups is 1. The molecule has 1 amide bonds. The highest BCUT2D eigenvalue weighted by Gasteiger charge is 2.36. The first-order valence-electron chi connectivity index (χ1n) is 10.2. The van der Waals surface area contributed by atoms with Crippen molar-refractivity contribution in [3.63, 3.8) is 0 Å². The van der Waals surface area contributed by atoms with Gasteiger partial charge in [0.1, 0.15) is 6.61 Å². The van der Waals surface area contributed by atoms with E-state index in [-0.39, 0.29) is 14.9 Å². The van der Waals surface area contributed by atoms with Gasteiger partial charge in [0.05, 0.1) is 23.3 Å². The Morgan fingerprint density at radius 2 is 1.80 bits per heavy atom. The number of amides is 1. The smallest absolute Gasteiger partial charge is 0.416 e. The fourth-order valence-electron chi connectivity index (χ4n) is 3.30. The van der Waals surface area contributed by atoms with Crippen LogP contribution >= 0.6 is 35.6 Å². The van der Waals surface area contributed by atoms with E-state index in [1.54, 1.807) is 36.4 Å². The van der Waals surface area contributed by atoms with Gasteiger partial charge in [-0.2, -0.15) is 13.2 Å². The van der Waals surface area contributed by atoms with Gasteiger partial charge in [-0.05, 0) is 59.7 Å². The van der Waals surface area contributed by atoms with Crippen molar-refractivity contribution >= 4 is 57.6 Å². The summed E-state index contributed by atoms with van der Waals surface area (Å²) in [6.45, 7) is 0.308. The van der Waals surface area contributed by atoms with E-state index in [1.165, 1.54) is 19.2 Å². The second-order valence-corrected chi connectivity index (χ2v) is 9.50. The number of thiocarbonyl (C=S) groups is 1. The molecule has 1 fully saturated rings. The Kier molecular flexibility index (Phi) is 7.39. The molecule has 10 heteroatoms. The predicted octanol–water partition coefficient (Wildman–Crippen LogP) is 7.35. The standard InChI is InChI=1S/C25H17ClF3NO3S2/c1-32-21-11-16(7-10-20(21)33-14-15-5-8-18(26)9-6-15)12-22-23(31)30(24(34)35-22)19-4-2-3-17(13-19)25(27,28)29/h2-13H,14H2,1H3/b22-12-. The van der Waals surface area contributed by atoms with Crippen LogP contribution in [0, 0.1) is 0 Å². The Morgan fingerprint density at radius 1 is 1.06 bits per heavy atom. The predicted molar refractivity (Wildman–Crippen MR) is 136 cm³/mol. The third kappa shape index (κ3) is 5.80. The topological polar surface area (TPSA) is 38.8 Å². The molecule has 1 saturated heterocycles. The van der Waals surface area contributed by atoms with Crippen LogP contribution in [0.1, 0.15) is 16.7 Å². The van der Waals surface area contributed by atoms with Crippen LogP contribution in [0.5, 0.6) is 11.5 Å². The maximum atomic E-state index is 13.1. The van der Waals surface area contributed by atoms with Crippen LogP contribution in [0.15, 0.2) is 71.6 Å². The number of rotatable bonds is 6. The molecule has 4 nitrogen and oxygen atoms in total. The monoisotopic (exact) mass is 535 g/mol. The van der Waals surface area contributed by atoms with Crippen LogP contribution in [0.2, 0.25) is 5.02 Å². The molecule has 1 aliphatic heterocycles. The highest BCUT2D eigenvalue weighted by atomic mass is 35.5. The lowest BCUT2D eigenvalue weighted by Gasteiger charge is -2.16. The first-order valence-corrected chi connectivity index (χ1v) is 11.8. The second kappa shape index (κ2) is 10.3. The Balaban J connectivity index is 1.54. The van der Waals surface area contributed by atoms with Crippen LogP contribution in [0.25, 0.3) is 6.08 Å². The van der Waals surface area contributed by atoms with Crippen molar-refractivity contribution in [1.29, 1.82) is 0 Å². The lowest BCUT2D eigenvalue weighted by atomic mass is 10.1. The van der Waals surface area contributed by atoms with Crippen molar-refractivity contribution in [1.82, 2.24) is 0 Å². The number of nitrogens with zero attached hydrogens (tertiary/aromatic N) is 1. The number of ether oxygens (including phenoxy) is 2. The van der Waals surface area contributed by atoms with E-state index in [2.05, 4.69) is 0 Å². The fraction of sp³-hybridized carbons (Fsp3) is 0.120. The van der Waals surface area contributed by atoms with E-state index < -0.39 is 17.6 Å². The summed E-state index contributed by atoms with van der Waals surface area (Å²) in [7, 11) is 1.50. The first-order chi connectivity index (χ1) is 16.7. The molecule has 0 unspecified atom stereocenters. The largest absolute Gasteiger partial charge is 0.493 e. The molecule has 4 rings (SSSR count). The Bertz CT molecular complexity index is 1310. The maximum Gasteiger partial charge on any atom is 0.416 e. The number of alkyl halides is 3. The van der Waals surface area contributed by atoms with E-state index in [4.69, 9.17) is 33.3 Å². The maximum absolute atomic E-state index is 13.1. The van der Waals surface area contributed by atoms with Crippen LogP contribution in [-0.2, 0) is 17.6 Å². The molecule has 0 N–H and O–H groups in total. The van der Waals surface area contributed by atoms with Gasteiger partial charge in [-0.15, -0.1) is 0 Å². The lowest BCUT2D eigenvalue weighted by Crippen LogP contribution is -2.27. The Labute approximate surface area is 214 Å². The summed E-state index contributed by atoms with van der Waals surface area (Å²) in [6.07, 6.45) is -2.92. The quantitative estimate of drug-likeness (QED) is 0.244. The van der Waals surface area contributed by atoms with Crippen molar-refractivity contribution in [2.75, 3.05) is 12.0 Å². The van der Waals surface area contributed by atoms with Gasteiger partial charge in [-0.25, -0.2) is 0 Å². The summed E-state index contributed by atoms with van der Waals surface area (Å²) in [5, 5.41) is 0.633. The van der Waals surface area contributed by atoms with Crippen molar-refractivity contribution in [3.8, 4) is 11.5 Å². The van der Waals surface area contributed by atoms with Gasteiger partial charge in [0, 0.05) is 5.02 Å². The number of halogens is 4. The summed E-state index contributed by atoms with van der Waals surface area (Å²) in [4.78, 5) is 14.4. The van der Waals surface area contributed by atoms with Crippen LogP contribution in [-0.4, -0.2) is 17.3 Å². The molecule has 0 aromatic heterocycles. The molecule has 0 radical (unpaired) electrons.